The molecule has 0 aliphatic carbocycles. The molecule has 1 fully saturated rings. The van der Waals surface area contributed by atoms with E-state index >= 15 is 0 Å². The maximum absolute atomic E-state index is 12.4. The standard InChI is InChI=1S/C15H15NO3S/c1-10-2-3-11-8-12(4-5-14(11)16-10)15(17)13-6-7-20(18,19)9-13/h2-5,8,13H,6-7,9H2,1H3. The summed E-state index contributed by atoms with van der Waals surface area (Å²) in [5.41, 5.74) is 2.35. The van der Waals surface area contributed by atoms with Crippen molar-refractivity contribution in [1.82, 2.24) is 4.98 Å². The molecule has 104 valence electrons. The highest BCUT2D eigenvalue weighted by Gasteiger charge is 2.33. The Bertz CT molecular complexity index is 796. The molecule has 4 nitrogen and oxygen atoms in total. The first kappa shape index (κ1) is 13.2. The quantitative estimate of drug-likeness (QED) is 0.795. The van der Waals surface area contributed by atoms with Crippen LogP contribution < -0.4 is 0 Å². The molecule has 2 aromatic rings. The Morgan fingerprint density at radius 2 is 2.05 bits per heavy atom. The number of nitrogens with zero attached hydrogens (tertiary/aromatic N) is 1. The smallest absolute Gasteiger partial charge is 0.167 e. The second-order valence-corrected chi connectivity index (χ2v) is 7.55. The third-order valence-corrected chi connectivity index (χ3v) is 5.48. The zero-order valence-electron chi connectivity index (χ0n) is 11.2. The fourth-order valence-corrected chi connectivity index (χ4v) is 4.36. The second-order valence-electron chi connectivity index (χ2n) is 5.32. The topological polar surface area (TPSA) is 64.1 Å². The number of pyridine rings is 1. The number of ketones is 1. The van der Waals surface area contributed by atoms with Crippen molar-refractivity contribution in [1.29, 1.82) is 0 Å². The normalized spacial score (nSPS) is 21.1. The summed E-state index contributed by atoms with van der Waals surface area (Å²) >= 11 is 0. The van der Waals surface area contributed by atoms with Gasteiger partial charge in [0.25, 0.3) is 0 Å². The summed E-state index contributed by atoms with van der Waals surface area (Å²) in [4.78, 5) is 16.8. The van der Waals surface area contributed by atoms with Crippen LogP contribution in [-0.4, -0.2) is 30.7 Å². The maximum atomic E-state index is 12.4. The van der Waals surface area contributed by atoms with Gasteiger partial charge in [0.15, 0.2) is 15.6 Å². The molecular formula is C15H15NO3S. The van der Waals surface area contributed by atoms with E-state index in [-0.39, 0.29) is 17.3 Å². The van der Waals surface area contributed by atoms with Crippen molar-refractivity contribution in [3.63, 3.8) is 0 Å². The van der Waals surface area contributed by atoms with Gasteiger partial charge in [-0.05, 0) is 37.6 Å². The number of Topliss-reactive ketones (excluding diaryl/α,β-unsaturated/α-hetero) is 1. The summed E-state index contributed by atoms with van der Waals surface area (Å²) in [6.07, 6.45) is 0.436. The highest BCUT2D eigenvalue weighted by molar-refractivity contribution is 7.91. The monoisotopic (exact) mass is 289 g/mol. The average molecular weight is 289 g/mol. The average Bonchev–Trinajstić information content (AvgIpc) is 2.77. The van der Waals surface area contributed by atoms with E-state index in [0.717, 1.165) is 16.6 Å². The molecule has 1 aromatic carbocycles. The van der Waals surface area contributed by atoms with Crippen LogP contribution in [0.2, 0.25) is 0 Å². The molecule has 0 bridgehead atoms. The van der Waals surface area contributed by atoms with E-state index in [1.54, 1.807) is 12.1 Å². The van der Waals surface area contributed by atoms with Gasteiger partial charge < -0.3 is 0 Å². The number of carbonyl (C=O) groups is 1. The third-order valence-electron chi connectivity index (χ3n) is 3.72. The lowest BCUT2D eigenvalue weighted by Gasteiger charge is -2.08. The van der Waals surface area contributed by atoms with Crippen LogP contribution in [-0.2, 0) is 9.84 Å². The molecule has 0 amide bonds. The zero-order chi connectivity index (χ0) is 14.3. The lowest BCUT2D eigenvalue weighted by molar-refractivity contribution is 0.0933. The fourth-order valence-electron chi connectivity index (χ4n) is 2.62. The molecule has 1 aliphatic heterocycles. The second kappa shape index (κ2) is 4.66. The molecular weight excluding hydrogens is 274 g/mol. The molecule has 20 heavy (non-hydrogen) atoms. The van der Waals surface area contributed by atoms with Gasteiger partial charge in [-0.15, -0.1) is 0 Å². The summed E-state index contributed by atoms with van der Waals surface area (Å²) < 4.78 is 22.9. The highest BCUT2D eigenvalue weighted by atomic mass is 32.2. The predicted octanol–water partition coefficient (Wildman–Crippen LogP) is 2.16. The lowest BCUT2D eigenvalue weighted by Crippen LogP contribution is -2.16. The molecule has 0 spiro atoms. The Labute approximate surface area is 117 Å². The van der Waals surface area contributed by atoms with E-state index in [0.29, 0.717) is 12.0 Å². The third kappa shape index (κ3) is 2.45. The van der Waals surface area contributed by atoms with Crippen molar-refractivity contribution in [3.8, 4) is 0 Å². The van der Waals surface area contributed by atoms with Crippen molar-refractivity contribution >= 4 is 26.5 Å². The molecule has 0 saturated carbocycles. The SMILES string of the molecule is Cc1ccc2cc(C(=O)C3CCS(=O)(=O)C3)ccc2n1. The number of hydrogen-bond acceptors (Lipinski definition) is 4. The predicted molar refractivity (Wildman–Crippen MR) is 77.6 cm³/mol. The highest BCUT2D eigenvalue weighted by Crippen LogP contribution is 2.24. The Balaban J connectivity index is 1.94. The first-order chi connectivity index (χ1) is 9.44. The minimum Gasteiger partial charge on any atom is -0.294 e. The molecule has 1 aliphatic rings. The van der Waals surface area contributed by atoms with Gasteiger partial charge in [0.2, 0.25) is 0 Å². The minimum atomic E-state index is -3.03. The fraction of sp³-hybridized carbons (Fsp3) is 0.333. The van der Waals surface area contributed by atoms with Crippen LogP contribution in [0, 0.1) is 12.8 Å². The van der Waals surface area contributed by atoms with Gasteiger partial charge >= 0.3 is 0 Å². The Hall–Kier alpha value is -1.75. The van der Waals surface area contributed by atoms with Crippen molar-refractivity contribution in [3.05, 3.63) is 41.6 Å². The van der Waals surface area contributed by atoms with Crippen molar-refractivity contribution in [2.24, 2.45) is 5.92 Å². The van der Waals surface area contributed by atoms with Gasteiger partial charge in [0.1, 0.15) is 0 Å². The summed E-state index contributed by atoms with van der Waals surface area (Å²) in [5.74, 6) is -0.363. The Morgan fingerprint density at radius 3 is 2.75 bits per heavy atom. The summed E-state index contributed by atoms with van der Waals surface area (Å²) in [6, 6.07) is 9.19. The lowest BCUT2D eigenvalue weighted by atomic mass is 9.96. The van der Waals surface area contributed by atoms with Crippen LogP contribution in [0.25, 0.3) is 10.9 Å². The summed E-state index contributed by atoms with van der Waals surface area (Å²) in [5, 5.41) is 0.905. The number of rotatable bonds is 2. The Kier molecular flexibility index (Phi) is 3.09. The molecule has 2 heterocycles. The first-order valence-corrected chi connectivity index (χ1v) is 8.39. The van der Waals surface area contributed by atoms with Crippen LogP contribution in [0.3, 0.4) is 0 Å². The van der Waals surface area contributed by atoms with Gasteiger partial charge in [-0.1, -0.05) is 6.07 Å². The Morgan fingerprint density at radius 1 is 1.25 bits per heavy atom. The largest absolute Gasteiger partial charge is 0.294 e. The van der Waals surface area contributed by atoms with Crippen LogP contribution in [0.5, 0.6) is 0 Å². The molecule has 1 unspecified atom stereocenters. The van der Waals surface area contributed by atoms with Gasteiger partial charge in [-0.2, -0.15) is 0 Å². The van der Waals surface area contributed by atoms with Crippen LogP contribution >= 0.6 is 0 Å². The number of sulfone groups is 1. The van der Waals surface area contributed by atoms with Gasteiger partial charge in [-0.25, -0.2) is 8.42 Å². The minimum absolute atomic E-state index is 0.0178. The molecule has 0 radical (unpaired) electrons. The molecule has 1 saturated heterocycles. The van der Waals surface area contributed by atoms with Gasteiger partial charge in [-0.3, -0.25) is 9.78 Å². The van der Waals surface area contributed by atoms with E-state index in [1.165, 1.54) is 0 Å². The van der Waals surface area contributed by atoms with E-state index in [9.17, 15) is 13.2 Å². The summed E-state index contributed by atoms with van der Waals surface area (Å²) in [6.45, 7) is 1.92. The summed E-state index contributed by atoms with van der Waals surface area (Å²) in [7, 11) is -3.03. The molecule has 1 aromatic heterocycles. The van der Waals surface area contributed by atoms with E-state index in [4.69, 9.17) is 0 Å². The van der Waals surface area contributed by atoms with Crippen molar-refractivity contribution < 1.29 is 13.2 Å². The van der Waals surface area contributed by atoms with Crippen LogP contribution in [0.15, 0.2) is 30.3 Å². The molecule has 1 atom stereocenters. The number of carbonyl (C=O) groups excluding carboxylic acids is 1. The zero-order valence-corrected chi connectivity index (χ0v) is 12.0. The van der Waals surface area contributed by atoms with E-state index in [2.05, 4.69) is 4.98 Å². The number of hydrogen-bond donors (Lipinski definition) is 0. The van der Waals surface area contributed by atoms with E-state index < -0.39 is 15.8 Å². The number of aromatic nitrogens is 1. The molecule has 3 rings (SSSR count). The van der Waals surface area contributed by atoms with Gasteiger partial charge in [0, 0.05) is 22.6 Å². The van der Waals surface area contributed by atoms with Gasteiger partial charge in [0.05, 0.1) is 17.0 Å². The van der Waals surface area contributed by atoms with Crippen LogP contribution in [0.1, 0.15) is 22.5 Å². The van der Waals surface area contributed by atoms with Crippen LogP contribution in [0.4, 0.5) is 0 Å². The van der Waals surface area contributed by atoms with E-state index in [1.807, 2.05) is 25.1 Å². The number of fused-ring (bicyclic) bond motifs is 1. The number of benzene rings is 1. The van der Waals surface area contributed by atoms with Crippen molar-refractivity contribution in [2.75, 3.05) is 11.5 Å². The first-order valence-electron chi connectivity index (χ1n) is 6.57. The number of aryl methyl sites for hydroxylation is 1. The molecule has 0 N–H and O–H groups in total. The molecule has 5 heteroatoms. The maximum Gasteiger partial charge on any atom is 0.167 e. The van der Waals surface area contributed by atoms with Crippen molar-refractivity contribution in [2.45, 2.75) is 13.3 Å².